The van der Waals surface area contributed by atoms with E-state index in [1.54, 1.807) is 128 Å². The molecule has 0 radical (unpaired) electrons. The van der Waals surface area contributed by atoms with Crippen molar-refractivity contribution < 1.29 is 121 Å². The molecule has 1 aliphatic rings. The van der Waals surface area contributed by atoms with Crippen LogP contribution in [-0.4, -0.2) is 162 Å². The van der Waals surface area contributed by atoms with Crippen molar-refractivity contribution in [1.29, 1.82) is 0 Å². The van der Waals surface area contributed by atoms with Crippen LogP contribution in [0.1, 0.15) is 75.6 Å². The number of methoxy groups -OCH3 is 10. The zero-order valence-electron chi connectivity index (χ0n) is 54.8. The molecule has 0 spiro atoms. The van der Waals surface area contributed by atoms with Crippen molar-refractivity contribution in [1.82, 2.24) is 15.2 Å². The Bertz CT molecular complexity index is 3450. The third-order valence-corrected chi connectivity index (χ3v) is 12.9. The van der Waals surface area contributed by atoms with Crippen molar-refractivity contribution in [3.05, 3.63) is 142 Å². The van der Waals surface area contributed by atoms with E-state index >= 15 is 0 Å². The number of aromatic nitrogens is 2. The van der Waals surface area contributed by atoms with Crippen molar-refractivity contribution in [2.75, 3.05) is 90.8 Å². The number of carboxylic acids is 1. The van der Waals surface area contributed by atoms with Gasteiger partial charge in [0.25, 0.3) is 0 Å². The number of aryl methyl sites for hydroxylation is 2. The number of benzene rings is 5. The maximum atomic E-state index is 11.2. The van der Waals surface area contributed by atoms with Gasteiger partial charge in [0.2, 0.25) is 0 Å². The van der Waals surface area contributed by atoms with Gasteiger partial charge in [-0.25, -0.2) is 15.5 Å². The maximum absolute atomic E-state index is 11.2. The average molecular weight is 1340 g/mol. The number of hydrogen-bond acceptors (Lipinski definition) is 26. The summed E-state index contributed by atoms with van der Waals surface area (Å²) in [6.45, 7) is 11.8. The van der Waals surface area contributed by atoms with Gasteiger partial charge < -0.3 is 92.3 Å². The zero-order chi connectivity index (χ0) is 67.3. The van der Waals surface area contributed by atoms with Crippen LogP contribution in [0.4, 0.5) is 0 Å². The second-order valence-corrected chi connectivity index (χ2v) is 18.3. The fraction of sp³-hybridized carbons (Fsp3) is 0.317. The molecule has 0 unspecified atom stereocenters. The molecule has 2 aromatic heterocycles. The van der Waals surface area contributed by atoms with Crippen molar-refractivity contribution in [3.8, 4) is 80.0 Å². The number of aromatic carboxylic acids is 1. The molecule has 1 saturated heterocycles. The van der Waals surface area contributed by atoms with Gasteiger partial charge in [-0.2, -0.15) is 0 Å². The first-order valence-electron chi connectivity index (χ1n) is 26.9. The number of carbonyl (C=O) groups is 3. The summed E-state index contributed by atoms with van der Waals surface area (Å²) >= 11 is 5.62. The molecule has 8 rings (SSSR count). The number of carbonyl (C=O) groups excluding carboxylic acids is 2. The molecule has 0 atom stereocenters. The van der Waals surface area contributed by atoms with Crippen LogP contribution in [0.2, 0.25) is 0 Å². The Morgan fingerprint density at radius 2 is 0.989 bits per heavy atom. The molecule has 0 saturated carbocycles. The number of rotatable bonds is 19. The van der Waals surface area contributed by atoms with Crippen LogP contribution in [-0.2, 0) is 9.53 Å². The minimum atomic E-state index is -1.08. The summed E-state index contributed by atoms with van der Waals surface area (Å²) < 4.78 is 65.8. The molecule has 1 aliphatic heterocycles. The van der Waals surface area contributed by atoms with E-state index in [1.807, 2.05) is 45.9 Å². The summed E-state index contributed by atoms with van der Waals surface area (Å²) in [4.78, 5) is 34.9. The smallest absolute Gasteiger partial charge is 0.870 e. The SMILES string of the molecule is CCOC(=O)C=C(C)N1CCCC1.COc1ccc(-c2noc(C)c2C(=O)O)cc1OC.COc1ccc(-c2noc(C)c2C)cc1OC.COc1ccc(/C(Cl)=N\O)cc1OC.COc1ccc(/C=N\O)cc1OC.COc1ccc(C=O)cc1OC.Cl.NO.[Li+].[OH-]. The normalized spacial score (nSPS) is 10.8. The Balaban J connectivity index is 0. The molecule has 0 aliphatic carbocycles. The first kappa shape index (κ1) is 85.7. The number of ether oxygens (including phenoxy) is 11. The van der Waals surface area contributed by atoms with Gasteiger partial charge in [0.15, 0.2) is 62.7 Å². The summed E-state index contributed by atoms with van der Waals surface area (Å²) in [5.41, 5.74) is 6.65. The topological polar surface area (TPSA) is 370 Å². The third-order valence-electron chi connectivity index (χ3n) is 12.6. The Labute approximate surface area is 563 Å². The molecular weight excluding hydrogens is 1250 g/mol. The van der Waals surface area contributed by atoms with E-state index in [-0.39, 0.29) is 64.9 Å². The number of halogens is 2. The fourth-order valence-corrected chi connectivity index (χ4v) is 8.06. The molecule has 0 amide bonds. The van der Waals surface area contributed by atoms with Crippen LogP contribution in [0, 0.1) is 20.8 Å². The van der Waals surface area contributed by atoms with Crippen molar-refractivity contribution in [2.45, 2.75) is 47.5 Å². The number of carboxylic acid groups (broad SMARTS) is 1. The standard InChI is InChI=1S/C13H13NO5.C13H15NO3.C10H17NO2.C9H10ClNO3.C9H11NO3.C9H10O3.ClH.Li.H3NO.H2O/c1-7-11(13(15)16)12(14-19-7)8-4-5-9(17-2)10(6-8)18-3;1-8-9(2)17-14-13(8)10-5-6-11(15-3)12(7-10)16-4;1-3-13-10(12)8-9(2)11-6-4-5-7-11;1-13-7-4-3-6(9(10)11-12)5-8(7)14-2;1-12-8-4-3-7(6-10-11)5-9(8)13-2;1-11-8-4-3-7(6-10)5-9(8)12-2;;;1-2;/h4-6H,1-3H3,(H,15,16);5-7H,1-4H3;8H,3-7H2,1-2H3;3-5,12H,1-2H3;3-6,11H,1-2H3;3-6H,1-2H3;1H;;2H,1H2;1H2/q;;;;;;;+1;;/p-1/b;;;11-9+;10-6-;;;;;. The number of allylic oxidation sites excluding steroid dienone is 1. The quantitative estimate of drug-likeness (QED) is 0.00962. The van der Waals surface area contributed by atoms with E-state index in [2.05, 4.69) is 31.4 Å². The van der Waals surface area contributed by atoms with Gasteiger partial charge in [0.1, 0.15) is 34.8 Å². The van der Waals surface area contributed by atoms with Gasteiger partial charge in [0, 0.05) is 58.2 Å². The average Bonchev–Trinajstić information content (AvgIpc) is 1.76. The van der Waals surface area contributed by atoms with E-state index in [0.717, 1.165) is 53.2 Å². The van der Waals surface area contributed by atoms with Gasteiger partial charge in [-0.1, -0.05) is 32.2 Å². The molecule has 93 heavy (non-hydrogen) atoms. The number of hydrogen-bond donors (Lipinski definition) is 5. The number of likely N-dealkylation sites (tertiary alicyclic amines) is 1. The summed E-state index contributed by atoms with van der Waals surface area (Å²) in [5.74, 6) is 9.31. The van der Waals surface area contributed by atoms with E-state index < -0.39 is 5.97 Å². The summed E-state index contributed by atoms with van der Waals surface area (Å²) in [6, 6.07) is 25.9. The molecule has 0 bridgehead atoms. The van der Waals surface area contributed by atoms with Crippen molar-refractivity contribution in [3.63, 3.8) is 0 Å². The van der Waals surface area contributed by atoms with Crippen molar-refractivity contribution >= 4 is 53.6 Å². The summed E-state index contributed by atoms with van der Waals surface area (Å²) in [6.07, 6.45) is 6.13. The van der Waals surface area contributed by atoms with Crippen LogP contribution in [0.3, 0.4) is 0 Å². The molecule has 7 aromatic rings. The number of oxime groups is 2. The van der Waals surface area contributed by atoms with E-state index in [9.17, 15) is 14.4 Å². The van der Waals surface area contributed by atoms with Gasteiger partial charge in [-0.15, -0.1) is 12.4 Å². The largest absolute Gasteiger partial charge is 1.00 e. The molecule has 5 aromatic carbocycles. The second kappa shape index (κ2) is 46.7. The Morgan fingerprint density at radius 1 is 0.602 bits per heavy atom. The minimum Gasteiger partial charge on any atom is -0.870 e. The number of nitrogens with zero attached hydrogens (tertiary/aromatic N) is 5. The minimum absolute atomic E-state index is 0. The van der Waals surface area contributed by atoms with E-state index in [0.29, 0.717) is 80.8 Å². The van der Waals surface area contributed by atoms with Crippen LogP contribution in [0.5, 0.6) is 57.5 Å². The van der Waals surface area contributed by atoms with Crippen LogP contribution in [0.15, 0.2) is 122 Å². The molecule has 30 heteroatoms. The summed E-state index contributed by atoms with van der Waals surface area (Å²) in [5, 5.41) is 46.1. The Morgan fingerprint density at radius 3 is 1.39 bits per heavy atom. The van der Waals surface area contributed by atoms with Crippen LogP contribution < -0.4 is 72.1 Å². The van der Waals surface area contributed by atoms with Gasteiger partial charge >= 0.3 is 30.8 Å². The number of nitrogens with two attached hydrogens (primary N) is 1. The predicted octanol–water partition coefficient (Wildman–Crippen LogP) is 8.58. The second-order valence-electron chi connectivity index (χ2n) is 17.9. The van der Waals surface area contributed by atoms with Gasteiger partial charge in [-0.3, -0.25) is 4.79 Å². The molecule has 1 fully saturated rings. The van der Waals surface area contributed by atoms with Crippen molar-refractivity contribution in [2.24, 2.45) is 16.2 Å². The monoisotopic (exact) mass is 1330 g/mol. The molecule has 3 heterocycles. The van der Waals surface area contributed by atoms with Crippen LogP contribution >= 0.6 is 24.0 Å². The van der Waals surface area contributed by atoms with E-state index in [1.165, 1.54) is 47.5 Å². The predicted molar refractivity (Wildman–Crippen MR) is 345 cm³/mol. The van der Waals surface area contributed by atoms with Gasteiger partial charge in [-0.05, 0) is 138 Å². The first-order chi connectivity index (χ1) is 43.3. The zero-order valence-corrected chi connectivity index (χ0v) is 56.4. The molecule has 27 nitrogen and oxygen atoms in total. The molecule has 504 valence electrons. The Hall–Kier alpha value is -9.33. The van der Waals surface area contributed by atoms with Crippen LogP contribution in [0.25, 0.3) is 22.5 Å². The molecule has 7 N–H and O–H groups in total. The third kappa shape index (κ3) is 26.4. The van der Waals surface area contributed by atoms with Gasteiger partial charge in [0.05, 0.1) is 83.9 Å². The molecular formula is C63H81Cl2LiN6O21. The maximum Gasteiger partial charge on any atom is 1.00 e. The number of aldehydes is 1. The number of esters is 1. The van der Waals surface area contributed by atoms with E-state index in [4.69, 9.17) is 93.5 Å². The first-order valence-corrected chi connectivity index (χ1v) is 27.3. The fourth-order valence-electron chi connectivity index (χ4n) is 7.94. The summed E-state index contributed by atoms with van der Waals surface area (Å²) in [7, 11) is 15.5. The Kier molecular flexibility index (Phi) is 43.0.